The van der Waals surface area contributed by atoms with Crippen LogP contribution < -0.4 is 41.8 Å². The molecular formula is C46H60N6O9. The molecule has 0 aliphatic heterocycles. The average Bonchev–Trinajstić information content (AvgIpc) is 3.23. The molecule has 0 saturated heterocycles. The van der Waals surface area contributed by atoms with Crippen molar-refractivity contribution >= 4 is 29.5 Å². The van der Waals surface area contributed by atoms with Gasteiger partial charge in [0, 0.05) is 30.4 Å². The third-order valence-corrected chi connectivity index (χ3v) is 10.1. The molecule has 4 aromatic carbocycles. The summed E-state index contributed by atoms with van der Waals surface area (Å²) in [5.41, 5.74) is 8.18. The molecule has 9 N–H and O–H groups in total. The van der Waals surface area contributed by atoms with Crippen LogP contribution in [0.2, 0.25) is 0 Å². The molecular weight excluding hydrogens is 781 g/mol. The van der Waals surface area contributed by atoms with Crippen LogP contribution in [0.1, 0.15) is 56.9 Å². The van der Waals surface area contributed by atoms with Crippen molar-refractivity contribution in [2.45, 2.75) is 91.0 Å². The first kappa shape index (κ1) is 47.4. The number of aromatic hydroxyl groups is 1. The first-order valence-electron chi connectivity index (χ1n) is 20.1. The molecule has 0 bridgehead atoms. The second-order valence-corrected chi connectivity index (χ2v) is 16.2. The Morgan fingerprint density at radius 2 is 1.36 bits per heavy atom. The number of carbonyl (C=O) groups excluding carboxylic acids is 4. The van der Waals surface area contributed by atoms with E-state index in [0.717, 1.165) is 11.1 Å². The van der Waals surface area contributed by atoms with Crippen LogP contribution in [-0.4, -0.2) is 78.5 Å². The minimum Gasteiger partial charge on any atom is -0.507 e. The Balaban J connectivity index is 1.61. The summed E-state index contributed by atoms with van der Waals surface area (Å²) in [6, 6.07) is 23.2. The number of carbonyl (C=O) groups is 4. The molecule has 4 aromatic rings. The number of nitrogens with one attached hydrogen (secondary N) is 5. The highest BCUT2D eigenvalue weighted by molar-refractivity contribution is 5.91. The molecule has 328 valence electrons. The van der Waals surface area contributed by atoms with E-state index in [1.807, 2.05) is 30.3 Å². The number of amides is 4. The van der Waals surface area contributed by atoms with Crippen molar-refractivity contribution < 1.29 is 43.6 Å². The monoisotopic (exact) mass is 840 g/mol. The lowest BCUT2D eigenvalue weighted by Gasteiger charge is -2.35. The molecule has 4 amide bonds. The smallest absolute Gasteiger partial charge is 0.408 e. The summed E-state index contributed by atoms with van der Waals surface area (Å²) in [4.78, 5) is 55.4. The van der Waals surface area contributed by atoms with Gasteiger partial charge in [-0.3, -0.25) is 19.7 Å². The Hall–Kier alpha value is -6.32. The van der Waals surface area contributed by atoms with E-state index < -0.39 is 65.4 Å². The second-order valence-electron chi connectivity index (χ2n) is 16.2. The quantitative estimate of drug-likeness (QED) is 0.0585. The lowest BCUT2D eigenvalue weighted by molar-refractivity contribution is -0.134. The topological polar surface area (TPSA) is 223 Å². The highest BCUT2D eigenvalue weighted by Crippen LogP contribution is 2.24. The van der Waals surface area contributed by atoms with Crippen molar-refractivity contribution in [1.29, 1.82) is 0 Å². The van der Waals surface area contributed by atoms with Gasteiger partial charge < -0.3 is 51.4 Å². The van der Waals surface area contributed by atoms with E-state index >= 15 is 0 Å². The predicted molar refractivity (Wildman–Crippen MR) is 232 cm³/mol. The van der Waals surface area contributed by atoms with Crippen molar-refractivity contribution in [1.82, 2.24) is 26.6 Å². The molecule has 0 aromatic heterocycles. The molecule has 0 heterocycles. The lowest BCUT2D eigenvalue weighted by atomic mass is 9.85. The summed E-state index contributed by atoms with van der Waals surface area (Å²) in [6.07, 6.45) is -2.32. The zero-order valence-electron chi connectivity index (χ0n) is 35.9. The number of ether oxygens (including phenoxy) is 3. The number of phenols is 1. The molecule has 5 atom stereocenters. The van der Waals surface area contributed by atoms with E-state index in [1.54, 1.807) is 102 Å². The number of benzene rings is 4. The second kappa shape index (κ2) is 22.3. The van der Waals surface area contributed by atoms with Crippen LogP contribution in [0.5, 0.6) is 17.2 Å². The lowest BCUT2D eigenvalue weighted by Crippen LogP contribution is -2.63. The zero-order chi connectivity index (χ0) is 44.7. The molecule has 0 aliphatic carbocycles. The number of nitrogens with two attached hydrogens (primary N) is 1. The SMILES string of the molecule is COc1ccc(CN[C@@H](C(=O)N[C@H](C(=O)NCc2ccc(OC)cc2O)C(C)C)[C@@H](O)[C@H](Cc2ccccc2)NC(=O)[C@@H](NC(=O)OCc2cccc(N)c2)C(C)(C)C)cc1. The van der Waals surface area contributed by atoms with Crippen molar-refractivity contribution in [3.05, 3.63) is 119 Å². The number of alkyl carbamates (subject to hydrolysis) is 1. The van der Waals surface area contributed by atoms with Crippen LogP contribution in [-0.2, 0) is 45.2 Å². The number of aliphatic hydroxyl groups excluding tert-OH is 1. The molecule has 0 saturated carbocycles. The maximum Gasteiger partial charge on any atom is 0.408 e. The fourth-order valence-corrected chi connectivity index (χ4v) is 6.52. The number of phenolic OH excluding ortho intramolecular Hbond substituents is 1. The van der Waals surface area contributed by atoms with Gasteiger partial charge in [-0.1, -0.05) is 89.2 Å². The number of nitrogen functional groups attached to an aromatic ring is 1. The van der Waals surface area contributed by atoms with Crippen LogP contribution in [0.15, 0.2) is 97.1 Å². The van der Waals surface area contributed by atoms with Gasteiger partial charge in [-0.25, -0.2) is 4.79 Å². The summed E-state index contributed by atoms with van der Waals surface area (Å²) in [5, 5.41) is 37.2. The van der Waals surface area contributed by atoms with E-state index in [1.165, 1.54) is 13.2 Å². The number of methoxy groups -OCH3 is 2. The Kier molecular flexibility index (Phi) is 17.3. The van der Waals surface area contributed by atoms with Crippen LogP contribution >= 0.6 is 0 Å². The fraction of sp³-hybridized carbons (Fsp3) is 0.391. The van der Waals surface area contributed by atoms with Crippen molar-refractivity contribution in [2.75, 3.05) is 20.0 Å². The maximum absolute atomic E-state index is 14.4. The molecule has 61 heavy (non-hydrogen) atoms. The summed E-state index contributed by atoms with van der Waals surface area (Å²) in [5.74, 6) is -1.22. The van der Waals surface area contributed by atoms with Crippen molar-refractivity contribution in [3.8, 4) is 17.2 Å². The summed E-state index contributed by atoms with van der Waals surface area (Å²) < 4.78 is 15.9. The zero-order valence-corrected chi connectivity index (χ0v) is 35.9. The van der Waals surface area contributed by atoms with Gasteiger partial charge in [-0.05, 0) is 70.8 Å². The highest BCUT2D eigenvalue weighted by atomic mass is 16.5. The number of hydrogen-bond donors (Lipinski definition) is 8. The summed E-state index contributed by atoms with van der Waals surface area (Å²) >= 11 is 0. The number of rotatable bonds is 20. The minimum atomic E-state index is -1.58. The molecule has 0 spiro atoms. The van der Waals surface area contributed by atoms with Crippen LogP contribution in [0.3, 0.4) is 0 Å². The van der Waals surface area contributed by atoms with E-state index in [9.17, 15) is 29.4 Å². The summed E-state index contributed by atoms with van der Waals surface area (Å²) in [6.45, 7) is 8.87. The van der Waals surface area contributed by atoms with Crippen LogP contribution in [0.25, 0.3) is 0 Å². The Bertz CT molecular complexity index is 2060. The van der Waals surface area contributed by atoms with E-state index in [4.69, 9.17) is 19.9 Å². The molecule has 0 aliphatic rings. The molecule has 15 heteroatoms. The van der Waals surface area contributed by atoms with E-state index in [0.29, 0.717) is 28.3 Å². The first-order chi connectivity index (χ1) is 29.0. The largest absolute Gasteiger partial charge is 0.507 e. The standard InChI is InChI=1S/C46H60N6O9/c1-28(2)38(42(55)49-26-32-18-21-35(60-7)24-37(32)53)51-43(56)39(48-25-30-16-19-34(59-6)20-17-30)40(54)36(23-29-12-9-8-10-13-29)50-44(57)41(46(3,4)5)52-45(58)61-27-31-14-11-15-33(47)22-31/h8-22,24,28,36,38-41,48,53-54H,23,25-27,47H2,1-7H3,(H,49,55)(H,50,57)(H,51,56)(H,52,58)/t36-,38-,39+,40-,41+/m0/s1. The normalized spacial score (nSPS) is 13.8. The van der Waals surface area contributed by atoms with Gasteiger partial charge in [-0.2, -0.15) is 0 Å². The van der Waals surface area contributed by atoms with Crippen molar-refractivity contribution in [2.24, 2.45) is 11.3 Å². The molecule has 0 unspecified atom stereocenters. The van der Waals surface area contributed by atoms with Gasteiger partial charge in [0.05, 0.1) is 26.4 Å². The fourth-order valence-electron chi connectivity index (χ4n) is 6.52. The number of anilines is 1. The van der Waals surface area contributed by atoms with E-state index in [-0.39, 0.29) is 31.9 Å². The number of hydrogen-bond acceptors (Lipinski definition) is 11. The highest BCUT2D eigenvalue weighted by Gasteiger charge is 2.39. The predicted octanol–water partition coefficient (Wildman–Crippen LogP) is 4.34. The van der Waals surface area contributed by atoms with Crippen molar-refractivity contribution in [3.63, 3.8) is 0 Å². The molecule has 0 radical (unpaired) electrons. The Morgan fingerprint density at radius 3 is 1.97 bits per heavy atom. The molecule has 4 rings (SSSR count). The average molecular weight is 841 g/mol. The third-order valence-electron chi connectivity index (χ3n) is 10.1. The van der Waals surface area contributed by atoms with Crippen LogP contribution in [0.4, 0.5) is 10.5 Å². The minimum absolute atomic E-state index is 0.0296. The van der Waals surface area contributed by atoms with Gasteiger partial charge in [0.15, 0.2) is 0 Å². The van der Waals surface area contributed by atoms with Gasteiger partial charge in [0.1, 0.15) is 42.0 Å². The number of aliphatic hydroxyl groups is 1. The van der Waals surface area contributed by atoms with Gasteiger partial charge in [0.2, 0.25) is 17.7 Å². The Labute approximate surface area is 357 Å². The van der Waals surface area contributed by atoms with E-state index in [2.05, 4.69) is 26.6 Å². The maximum atomic E-state index is 14.4. The van der Waals surface area contributed by atoms with Gasteiger partial charge in [0.25, 0.3) is 0 Å². The third kappa shape index (κ3) is 14.4. The van der Waals surface area contributed by atoms with Gasteiger partial charge >= 0.3 is 6.09 Å². The Morgan fingerprint density at radius 1 is 0.705 bits per heavy atom. The summed E-state index contributed by atoms with van der Waals surface area (Å²) in [7, 11) is 3.03. The first-order valence-corrected chi connectivity index (χ1v) is 20.1. The van der Waals surface area contributed by atoms with Crippen LogP contribution in [0, 0.1) is 11.3 Å². The van der Waals surface area contributed by atoms with Gasteiger partial charge in [-0.15, -0.1) is 0 Å². The molecule has 0 fully saturated rings. The molecule has 15 nitrogen and oxygen atoms in total.